The maximum Gasteiger partial charge on any atom is 0.395 e. The monoisotopic (exact) mass is 550 g/mol. The summed E-state index contributed by atoms with van der Waals surface area (Å²) in [4.78, 5) is 30.7. The number of halogens is 4. The van der Waals surface area contributed by atoms with Crippen molar-refractivity contribution in [3.63, 3.8) is 0 Å². The zero-order valence-electron chi connectivity index (χ0n) is 22.1. The van der Waals surface area contributed by atoms with Crippen LogP contribution < -0.4 is 15.4 Å². The first-order valence-electron chi connectivity index (χ1n) is 13.2. The van der Waals surface area contributed by atoms with E-state index in [9.17, 15) is 27.2 Å². The molecule has 7 nitrogen and oxygen atoms in total. The summed E-state index contributed by atoms with van der Waals surface area (Å²) in [5.41, 5.74) is -1.02. The number of imide groups is 1. The van der Waals surface area contributed by atoms with Gasteiger partial charge in [0, 0.05) is 12.1 Å². The molecule has 2 aromatic rings. The second kappa shape index (κ2) is 12.0. The number of alkyl halides is 3. The highest BCUT2D eigenvalue weighted by Crippen LogP contribution is 2.38. The lowest BCUT2D eigenvalue weighted by Crippen LogP contribution is -2.46. The van der Waals surface area contributed by atoms with Crippen molar-refractivity contribution in [2.45, 2.75) is 51.7 Å². The molecule has 2 aliphatic rings. The molecule has 0 bridgehead atoms. The smallest absolute Gasteiger partial charge is 0.395 e. The number of nitrogens with zero attached hydrogens (tertiary/aromatic N) is 2. The lowest BCUT2D eigenvalue weighted by molar-refractivity contribution is -0.217. The highest BCUT2D eigenvalue weighted by atomic mass is 19.4. The number of carbonyl (C=O) groups is 2. The van der Waals surface area contributed by atoms with E-state index in [0.29, 0.717) is 49.7 Å². The van der Waals surface area contributed by atoms with Crippen LogP contribution in [0.25, 0.3) is 11.3 Å². The van der Waals surface area contributed by atoms with E-state index in [1.165, 1.54) is 32.2 Å². The standard InChI is InChI=1S/C28H34F4N4O3/c1-27(2,28(30,31)32)17-36-12-9-18(10-13-36)16-39-20-6-8-23(34-15-20)19-5-7-21(22(29)14-19)25(37)35-26(38)24-4-3-11-33-24/h5-8,14-15,18,24,33H,3-4,9-13,16-17H2,1-2H3,(H,35,37,38)/t24-/m0/s1. The first-order valence-corrected chi connectivity index (χ1v) is 13.2. The van der Waals surface area contributed by atoms with E-state index in [0.717, 1.165) is 19.3 Å². The summed E-state index contributed by atoms with van der Waals surface area (Å²) < 4.78 is 60.1. The molecule has 0 unspecified atom stereocenters. The molecule has 212 valence electrons. The summed E-state index contributed by atoms with van der Waals surface area (Å²) in [5, 5.41) is 5.24. The number of likely N-dealkylation sites (tertiary alicyclic amines) is 1. The third kappa shape index (κ3) is 7.33. The molecule has 1 atom stereocenters. The summed E-state index contributed by atoms with van der Waals surface area (Å²) in [6, 6.07) is 7.04. The largest absolute Gasteiger partial charge is 0.492 e. The fourth-order valence-electron chi connectivity index (χ4n) is 4.84. The van der Waals surface area contributed by atoms with Crippen LogP contribution in [0.5, 0.6) is 5.75 Å². The number of pyridine rings is 1. The molecule has 2 aliphatic heterocycles. The number of piperidine rings is 1. The van der Waals surface area contributed by atoms with Gasteiger partial charge in [-0.05, 0) is 89.3 Å². The highest BCUT2D eigenvalue weighted by Gasteiger charge is 2.48. The Labute approximate surface area is 225 Å². The maximum atomic E-state index is 14.7. The topological polar surface area (TPSA) is 83.6 Å². The van der Waals surface area contributed by atoms with Crippen molar-refractivity contribution in [3.8, 4) is 17.0 Å². The van der Waals surface area contributed by atoms with Gasteiger partial charge in [0.15, 0.2) is 0 Å². The van der Waals surface area contributed by atoms with Crippen LogP contribution in [-0.4, -0.2) is 66.7 Å². The first-order chi connectivity index (χ1) is 18.4. The van der Waals surface area contributed by atoms with Gasteiger partial charge in [0.25, 0.3) is 5.91 Å². The molecular weight excluding hydrogens is 516 g/mol. The number of benzene rings is 1. The van der Waals surface area contributed by atoms with E-state index in [1.54, 1.807) is 18.2 Å². The first kappa shape index (κ1) is 28.9. The summed E-state index contributed by atoms with van der Waals surface area (Å²) in [6.45, 7) is 4.78. The van der Waals surface area contributed by atoms with Crippen molar-refractivity contribution in [2.24, 2.45) is 11.3 Å². The predicted octanol–water partition coefficient (Wildman–Crippen LogP) is 4.58. The molecule has 2 amide bonds. The number of aromatic nitrogens is 1. The molecule has 0 saturated carbocycles. The molecule has 0 radical (unpaired) electrons. The number of amides is 2. The Morgan fingerprint density at radius 1 is 1.13 bits per heavy atom. The Hall–Kier alpha value is -3.05. The van der Waals surface area contributed by atoms with E-state index in [-0.39, 0.29) is 18.0 Å². The molecule has 1 aromatic carbocycles. The van der Waals surface area contributed by atoms with Gasteiger partial charge in [-0.25, -0.2) is 4.39 Å². The minimum atomic E-state index is -4.23. The van der Waals surface area contributed by atoms with Crippen molar-refractivity contribution in [1.82, 2.24) is 20.5 Å². The third-order valence-electron chi connectivity index (χ3n) is 7.44. The molecule has 11 heteroatoms. The summed E-state index contributed by atoms with van der Waals surface area (Å²) in [7, 11) is 0. The lowest BCUT2D eigenvalue weighted by Gasteiger charge is -2.38. The minimum absolute atomic E-state index is 0.0161. The van der Waals surface area contributed by atoms with Gasteiger partial charge in [0.05, 0.1) is 35.5 Å². The van der Waals surface area contributed by atoms with Crippen LogP contribution in [0, 0.1) is 17.2 Å². The van der Waals surface area contributed by atoms with Gasteiger partial charge in [-0.2, -0.15) is 13.2 Å². The van der Waals surface area contributed by atoms with Gasteiger partial charge in [0.1, 0.15) is 11.6 Å². The van der Waals surface area contributed by atoms with Crippen LogP contribution in [-0.2, 0) is 4.79 Å². The number of carbonyl (C=O) groups excluding carboxylic acids is 2. The Morgan fingerprint density at radius 2 is 1.87 bits per heavy atom. The Kier molecular flexibility index (Phi) is 8.90. The Bertz CT molecular complexity index is 1160. The van der Waals surface area contributed by atoms with Crippen molar-refractivity contribution < 1.29 is 31.9 Å². The normalized spacial score (nSPS) is 19.2. The molecule has 39 heavy (non-hydrogen) atoms. The van der Waals surface area contributed by atoms with E-state index in [2.05, 4.69) is 15.6 Å². The van der Waals surface area contributed by atoms with Crippen molar-refractivity contribution in [2.75, 3.05) is 32.8 Å². The Balaban J connectivity index is 1.26. The average Bonchev–Trinajstić information content (AvgIpc) is 3.43. The SMILES string of the molecule is CC(C)(CN1CCC(COc2ccc(-c3ccc(C(=O)NC(=O)[C@@H]4CCCN4)c(F)c3)nc2)CC1)C(F)(F)F. The zero-order valence-corrected chi connectivity index (χ0v) is 22.1. The molecule has 2 fully saturated rings. The summed E-state index contributed by atoms with van der Waals surface area (Å²) >= 11 is 0. The quantitative estimate of drug-likeness (QED) is 0.370. The van der Waals surface area contributed by atoms with Gasteiger partial charge in [-0.3, -0.25) is 19.9 Å². The highest BCUT2D eigenvalue weighted by molar-refractivity contribution is 6.06. The average molecular weight is 551 g/mol. The number of rotatable bonds is 8. The molecule has 0 aliphatic carbocycles. The van der Waals surface area contributed by atoms with E-state index in [4.69, 9.17) is 4.74 Å². The third-order valence-corrected chi connectivity index (χ3v) is 7.44. The van der Waals surface area contributed by atoms with Crippen LogP contribution in [0.15, 0.2) is 36.5 Å². The van der Waals surface area contributed by atoms with Crippen LogP contribution in [0.4, 0.5) is 17.6 Å². The van der Waals surface area contributed by atoms with Crippen molar-refractivity contribution in [3.05, 3.63) is 47.9 Å². The number of hydrogen-bond acceptors (Lipinski definition) is 6. The van der Waals surface area contributed by atoms with Crippen LogP contribution in [0.3, 0.4) is 0 Å². The maximum absolute atomic E-state index is 14.7. The second-order valence-corrected chi connectivity index (χ2v) is 11.0. The van der Waals surface area contributed by atoms with Crippen LogP contribution >= 0.6 is 0 Å². The minimum Gasteiger partial charge on any atom is -0.492 e. The summed E-state index contributed by atoms with van der Waals surface area (Å²) in [6.07, 6.45) is 0.278. The molecule has 2 N–H and O–H groups in total. The van der Waals surface area contributed by atoms with Gasteiger partial charge >= 0.3 is 6.18 Å². The van der Waals surface area contributed by atoms with Crippen molar-refractivity contribution in [1.29, 1.82) is 0 Å². The number of ether oxygens (including phenoxy) is 1. The number of nitrogens with one attached hydrogen (secondary N) is 2. The van der Waals surface area contributed by atoms with Gasteiger partial charge in [-0.1, -0.05) is 6.07 Å². The van der Waals surface area contributed by atoms with E-state index >= 15 is 0 Å². The van der Waals surface area contributed by atoms with Crippen LogP contribution in [0.1, 0.15) is 49.9 Å². The van der Waals surface area contributed by atoms with Gasteiger partial charge < -0.3 is 15.0 Å². The second-order valence-electron chi connectivity index (χ2n) is 11.0. The molecule has 4 rings (SSSR count). The predicted molar refractivity (Wildman–Crippen MR) is 138 cm³/mol. The zero-order chi connectivity index (χ0) is 28.2. The van der Waals surface area contributed by atoms with Crippen LogP contribution in [0.2, 0.25) is 0 Å². The lowest BCUT2D eigenvalue weighted by atomic mass is 9.89. The van der Waals surface area contributed by atoms with E-state index < -0.39 is 35.3 Å². The van der Waals surface area contributed by atoms with Gasteiger partial charge in [0.2, 0.25) is 5.91 Å². The van der Waals surface area contributed by atoms with E-state index in [1.807, 2.05) is 4.90 Å². The Morgan fingerprint density at radius 3 is 2.46 bits per heavy atom. The van der Waals surface area contributed by atoms with Crippen molar-refractivity contribution >= 4 is 11.8 Å². The molecule has 1 aromatic heterocycles. The molecular formula is C28H34F4N4O3. The summed E-state index contributed by atoms with van der Waals surface area (Å²) in [5.74, 6) is -1.24. The molecule has 3 heterocycles. The molecule has 2 saturated heterocycles. The number of hydrogen-bond donors (Lipinski definition) is 2. The van der Waals surface area contributed by atoms with Gasteiger partial charge in [-0.15, -0.1) is 0 Å². The fraction of sp³-hybridized carbons (Fsp3) is 0.536. The fourth-order valence-corrected chi connectivity index (χ4v) is 4.84. The molecule has 0 spiro atoms.